The highest BCUT2D eigenvalue weighted by Gasteiger charge is 2.25. The predicted octanol–water partition coefficient (Wildman–Crippen LogP) is 4.50. The van der Waals surface area contributed by atoms with Crippen molar-refractivity contribution in [2.75, 3.05) is 18.4 Å². The van der Waals surface area contributed by atoms with Crippen LogP contribution in [-0.2, 0) is 6.67 Å². The van der Waals surface area contributed by atoms with Gasteiger partial charge in [0.05, 0.1) is 11.2 Å². The van der Waals surface area contributed by atoms with Crippen LogP contribution < -0.4 is 5.32 Å². The van der Waals surface area contributed by atoms with Crippen LogP contribution in [0.2, 0.25) is 5.02 Å². The van der Waals surface area contributed by atoms with Gasteiger partial charge >= 0.3 is 0 Å². The Labute approximate surface area is 194 Å². The highest BCUT2D eigenvalue weighted by molar-refractivity contribution is 7.80. The Morgan fingerprint density at radius 3 is 2.84 bits per heavy atom. The van der Waals surface area contributed by atoms with E-state index in [0.717, 1.165) is 42.8 Å². The summed E-state index contributed by atoms with van der Waals surface area (Å²) in [7, 11) is 0. The highest BCUT2D eigenvalue weighted by atomic mass is 35.5. The molecule has 1 N–H and O–H groups in total. The number of imidazole rings is 1. The number of likely N-dealkylation sites (tertiary alicyclic amines) is 1. The summed E-state index contributed by atoms with van der Waals surface area (Å²) in [5.41, 5.74) is 2.16. The minimum Gasteiger partial charge on any atom is -0.349 e. The minimum atomic E-state index is -0.380. The molecule has 0 saturated carbocycles. The quantitative estimate of drug-likeness (QED) is 0.444. The summed E-state index contributed by atoms with van der Waals surface area (Å²) < 4.78 is 18.0. The van der Waals surface area contributed by atoms with Crippen LogP contribution in [0, 0.1) is 5.82 Å². The maximum Gasteiger partial charge on any atom is 0.173 e. The molecule has 0 atom stereocenters. The first kappa shape index (κ1) is 20.8. The number of rotatable bonds is 4. The van der Waals surface area contributed by atoms with Crippen molar-refractivity contribution >= 4 is 45.7 Å². The average Bonchev–Trinajstić information content (AvgIpc) is 3.44. The fourth-order valence-electron chi connectivity index (χ4n) is 4.09. The van der Waals surface area contributed by atoms with E-state index in [2.05, 4.69) is 30.1 Å². The van der Waals surface area contributed by atoms with E-state index in [1.54, 1.807) is 6.07 Å². The number of aromatic nitrogens is 5. The Hall–Kier alpha value is -3.04. The van der Waals surface area contributed by atoms with Crippen LogP contribution in [0.3, 0.4) is 0 Å². The maximum absolute atomic E-state index is 14.0. The molecule has 1 saturated heterocycles. The molecule has 1 aliphatic rings. The number of para-hydroxylation sites is 1. The van der Waals surface area contributed by atoms with E-state index in [-0.39, 0.29) is 5.82 Å². The lowest BCUT2D eigenvalue weighted by atomic mass is 9.96. The number of benzene rings is 2. The Kier molecular flexibility index (Phi) is 5.75. The van der Waals surface area contributed by atoms with E-state index in [0.29, 0.717) is 28.4 Å². The highest BCUT2D eigenvalue weighted by Crippen LogP contribution is 2.28. The number of hydrogen-bond donors (Lipinski definition) is 1. The molecule has 2 aromatic heterocycles. The Morgan fingerprint density at radius 2 is 2.00 bits per heavy atom. The van der Waals surface area contributed by atoms with Crippen LogP contribution in [0.1, 0.15) is 24.6 Å². The molecule has 0 amide bonds. The van der Waals surface area contributed by atoms with Crippen molar-refractivity contribution in [2.24, 2.45) is 0 Å². The molecule has 7 nitrogen and oxygen atoms in total. The first-order valence-electron chi connectivity index (χ1n) is 10.4. The first-order valence-corrected chi connectivity index (χ1v) is 11.2. The van der Waals surface area contributed by atoms with Crippen molar-refractivity contribution in [3.63, 3.8) is 0 Å². The molecule has 0 aliphatic carbocycles. The lowest BCUT2D eigenvalue weighted by Gasteiger charge is -2.33. The molecule has 1 fully saturated rings. The topological polar surface area (TPSA) is 63.8 Å². The lowest BCUT2D eigenvalue weighted by Crippen LogP contribution is -2.41. The second-order valence-corrected chi connectivity index (χ2v) is 8.61. The summed E-state index contributed by atoms with van der Waals surface area (Å²) in [6, 6.07) is 12.3. The van der Waals surface area contributed by atoms with Gasteiger partial charge in [-0.2, -0.15) is 0 Å². The molecule has 10 heteroatoms. The van der Waals surface area contributed by atoms with Gasteiger partial charge in [0.2, 0.25) is 0 Å². The van der Waals surface area contributed by atoms with Gasteiger partial charge in [-0.3, -0.25) is 0 Å². The van der Waals surface area contributed by atoms with Crippen LogP contribution in [0.15, 0.2) is 54.9 Å². The van der Waals surface area contributed by atoms with E-state index in [4.69, 9.17) is 23.8 Å². The van der Waals surface area contributed by atoms with Gasteiger partial charge in [0, 0.05) is 36.4 Å². The summed E-state index contributed by atoms with van der Waals surface area (Å²) in [6.45, 7) is 2.08. The van der Waals surface area contributed by atoms with Gasteiger partial charge in [-0.25, -0.2) is 14.1 Å². The number of hydrogen-bond acceptors (Lipinski definition) is 4. The third kappa shape index (κ3) is 4.18. The van der Waals surface area contributed by atoms with Crippen LogP contribution in [0.5, 0.6) is 0 Å². The van der Waals surface area contributed by atoms with Crippen molar-refractivity contribution in [1.29, 1.82) is 0 Å². The number of thiocarbonyl (C=S) groups is 1. The number of nitrogens with one attached hydrogen (secondary N) is 1. The van der Waals surface area contributed by atoms with Gasteiger partial charge in [0.15, 0.2) is 5.11 Å². The van der Waals surface area contributed by atoms with Gasteiger partial charge in [-0.15, -0.1) is 5.10 Å². The number of anilines is 1. The van der Waals surface area contributed by atoms with Crippen LogP contribution in [0.25, 0.3) is 11.0 Å². The van der Waals surface area contributed by atoms with E-state index in [1.165, 1.54) is 12.1 Å². The Morgan fingerprint density at radius 1 is 1.19 bits per heavy atom. The standard InChI is InChI=1S/C22H21ClFN7S/c23-16-5-6-17(24)19(13-16)26-22(32)29-10-7-15(8-11-29)21-25-9-12-30(21)14-31-20-4-2-1-3-18(20)27-28-31/h1-6,9,12-13,15H,7-8,10-11,14H2,(H,26,32). The van der Waals surface area contributed by atoms with Crippen molar-refractivity contribution in [3.05, 3.63) is 71.5 Å². The fraction of sp³-hybridized carbons (Fsp3) is 0.273. The second kappa shape index (κ2) is 8.84. The molecule has 0 bridgehead atoms. The molecule has 164 valence electrons. The number of halogens is 2. The average molecular weight is 470 g/mol. The zero-order chi connectivity index (χ0) is 22.1. The van der Waals surface area contributed by atoms with Crippen LogP contribution in [0.4, 0.5) is 10.1 Å². The SMILES string of the molecule is Fc1ccc(Cl)cc1NC(=S)N1CCC(c2nccn2Cn2nnc3ccccc32)CC1. The summed E-state index contributed by atoms with van der Waals surface area (Å²) in [5, 5.41) is 12.5. The molecule has 0 unspecified atom stereocenters. The Bertz CT molecular complexity index is 1260. The van der Waals surface area contributed by atoms with Crippen molar-refractivity contribution in [3.8, 4) is 0 Å². The largest absolute Gasteiger partial charge is 0.349 e. The Balaban J connectivity index is 1.24. The first-order chi connectivity index (χ1) is 15.6. The monoisotopic (exact) mass is 469 g/mol. The van der Waals surface area contributed by atoms with E-state index < -0.39 is 0 Å². The summed E-state index contributed by atoms with van der Waals surface area (Å²) in [6.07, 6.45) is 5.60. The maximum atomic E-state index is 14.0. The molecule has 3 heterocycles. The molecule has 32 heavy (non-hydrogen) atoms. The third-order valence-electron chi connectivity index (χ3n) is 5.77. The minimum absolute atomic E-state index is 0.292. The molecule has 2 aromatic carbocycles. The third-order valence-corrected chi connectivity index (χ3v) is 6.37. The van der Waals surface area contributed by atoms with E-state index >= 15 is 0 Å². The van der Waals surface area contributed by atoms with Crippen molar-refractivity contribution < 1.29 is 4.39 Å². The van der Waals surface area contributed by atoms with Gasteiger partial charge in [0.25, 0.3) is 0 Å². The van der Waals surface area contributed by atoms with Crippen LogP contribution in [-0.4, -0.2) is 47.6 Å². The number of piperidine rings is 1. The lowest BCUT2D eigenvalue weighted by molar-refractivity contribution is 0.304. The molecule has 4 aromatic rings. The van der Waals surface area contributed by atoms with Gasteiger partial charge < -0.3 is 14.8 Å². The van der Waals surface area contributed by atoms with Crippen LogP contribution >= 0.6 is 23.8 Å². The molecular formula is C22H21ClFN7S. The zero-order valence-electron chi connectivity index (χ0n) is 17.2. The van der Waals surface area contributed by atoms with Gasteiger partial charge in [0.1, 0.15) is 23.8 Å². The smallest absolute Gasteiger partial charge is 0.173 e. The molecule has 0 spiro atoms. The van der Waals surface area contributed by atoms with Gasteiger partial charge in [-0.1, -0.05) is 28.9 Å². The molecular weight excluding hydrogens is 449 g/mol. The van der Waals surface area contributed by atoms with Crippen molar-refractivity contribution in [1.82, 2.24) is 29.4 Å². The molecule has 5 rings (SSSR count). The second-order valence-electron chi connectivity index (χ2n) is 7.79. The fourth-order valence-corrected chi connectivity index (χ4v) is 4.56. The summed E-state index contributed by atoms with van der Waals surface area (Å²) >= 11 is 11.5. The summed E-state index contributed by atoms with van der Waals surface area (Å²) in [5.74, 6) is 0.958. The number of nitrogens with zero attached hydrogens (tertiary/aromatic N) is 6. The zero-order valence-corrected chi connectivity index (χ0v) is 18.7. The van der Waals surface area contributed by atoms with Crippen molar-refractivity contribution in [2.45, 2.75) is 25.4 Å². The summed E-state index contributed by atoms with van der Waals surface area (Å²) in [4.78, 5) is 6.69. The molecule has 1 aliphatic heterocycles. The number of fused-ring (bicyclic) bond motifs is 1. The predicted molar refractivity (Wildman–Crippen MR) is 126 cm³/mol. The normalized spacial score (nSPS) is 14.8. The van der Waals surface area contributed by atoms with E-state index in [9.17, 15) is 4.39 Å². The van der Waals surface area contributed by atoms with E-state index in [1.807, 2.05) is 41.3 Å². The molecule has 0 radical (unpaired) electrons. The van der Waals surface area contributed by atoms with Gasteiger partial charge in [-0.05, 0) is 55.4 Å².